The molecule has 13 heteroatoms. The van der Waals surface area contributed by atoms with Crippen LogP contribution >= 0.6 is 23.2 Å². The molecule has 3 rings (SSSR count). The van der Waals surface area contributed by atoms with E-state index < -0.39 is 15.8 Å². The molecule has 0 heterocycles. The van der Waals surface area contributed by atoms with E-state index in [1.54, 1.807) is 37.3 Å². The maximum absolute atomic E-state index is 13.5. The van der Waals surface area contributed by atoms with Crippen LogP contribution in [-0.4, -0.2) is 31.9 Å². The Morgan fingerprint density at radius 3 is 2.33 bits per heavy atom. The van der Waals surface area contributed by atoms with Crippen LogP contribution in [0.2, 0.25) is 10.0 Å². The summed E-state index contributed by atoms with van der Waals surface area (Å²) in [7, 11) is -4.23. The Morgan fingerprint density at radius 1 is 1.11 bits per heavy atom. The number of guanidine groups is 1. The van der Waals surface area contributed by atoms with Crippen molar-refractivity contribution in [3.63, 3.8) is 0 Å². The standard InChI is InChI=1S/C20H17Cl2N5O3S.C3H6O2/c21-13-9-14(23)19(31(29,30)16-7-2-1-6-15(16)26-10-28)18(22)17(13)11-4-3-5-12(8-11)27-20(24)25;1-2-3(4)5/h1-10H,23H2,(H,26,28)(H4,24,25,27);2H2,1H3,(H,4,5). The van der Waals surface area contributed by atoms with Crippen molar-refractivity contribution in [1.82, 2.24) is 0 Å². The molecule has 0 unspecified atom stereocenters. The molecule has 3 aromatic rings. The number of aliphatic carboxylic acids is 1. The van der Waals surface area contributed by atoms with Crippen LogP contribution in [0.25, 0.3) is 11.1 Å². The van der Waals surface area contributed by atoms with Gasteiger partial charge in [0.25, 0.3) is 0 Å². The molecule has 0 fully saturated rings. The Hall–Kier alpha value is -3.80. The second-order valence-electron chi connectivity index (χ2n) is 7.06. The molecule has 0 atom stereocenters. The fraction of sp³-hybridized carbons (Fsp3) is 0.0870. The highest BCUT2D eigenvalue weighted by atomic mass is 35.5. The predicted octanol–water partition coefficient (Wildman–Crippen LogP) is 4.03. The number of anilines is 2. The first-order valence-electron chi connectivity index (χ1n) is 10.2. The summed E-state index contributed by atoms with van der Waals surface area (Å²) in [5, 5.41) is 10.1. The van der Waals surface area contributed by atoms with E-state index in [1.807, 2.05) is 0 Å². The van der Waals surface area contributed by atoms with Crippen LogP contribution in [0.4, 0.5) is 17.1 Å². The van der Waals surface area contributed by atoms with E-state index in [9.17, 15) is 18.0 Å². The third-order valence-corrected chi connectivity index (χ3v) is 7.26. The topological polar surface area (TPSA) is 191 Å². The van der Waals surface area contributed by atoms with Gasteiger partial charge in [0.1, 0.15) is 4.90 Å². The number of nitrogens with one attached hydrogen (secondary N) is 1. The molecule has 1 amide bonds. The number of carboxylic acid groups (broad SMARTS) is 1. The van der Waals surface area contributed by atoms with Gasteiger partial charge in [0, 0.05) is 12.0 Å². The van der Waals surface area contributed by atoms with Gasteiger partial charge in [-0.1, -0.05) is 54.4 Å². The number of para-hydroxylation sites is 1. The Morgan fingerprint density at radius 2 is 1.75 bits per heavy atom. The van der Waals surface area contributed by atoms with Gasteiger partial charge in [0.05, 0.1) is 32.0 Å². The average molecular weight is 552 g/mol. The Labute approximate surface area is 217 Å². The first kappa shape index (κ1) is 28.4. The number of nitrogens with zero attached hydrogens (tertiary/aromatic N) is 1. The predicted molar refractivity (Wildman–Crippen MR) is 141 cm³/mol. The summed E-state index contributed by atoms with van der Waals surface area (Å²) in [4.78, 5) is 23.8. The number of halogens is 2. The van der Waals surface area contributed by atoms with Crippen molar-refractivity contribution in [3.05, 3.63) is 64.6 Å². The number of carbonyl (C=O) groups excluding carboxylic acids is 1. The van der Waals surface area contributed by atoms with Crippen molar-refractivity contribution >= 4 is 68.4 Å². The first-order chi connectivity index (χ1) is 16.9. The van der Waals surface area contributed by atoms with Gasteiger partial charge in [-0.15, -0.1) is 0 Å². The fourth-order valence-corrected chi connectivity index (χ4v) is 5.63. The molecule has 0 spiro atoms. The van der Waals surface area contributed by atoms with E-state index in [4.69, 9.17) is 45.5 Å². The number of nitrogens with two attached hydrogens (primary N) is 3. The highest BCUT2D eigenvalue weighted by Crippen LogP contribution is 2.45. The average Bonchev–Trinajstić information content (AvgIpc) is 2.79. The number of carboxylic acids is 1. The lowest BCUT2D eigenvalue weighted by atomic mass is 10.0. The maximum Gasteiger partial charge on any atom is 0.303 e. The van der Waals surface area contributed by atoms with Crippen LogP contribution in [0.3, 0.4) is 0 Å². The second-order valence-corrected chi connectivity index (χ2v) is 9.70. The molecule has 36 heavy (non-hydrogen) atoms. The number of rotatable bonds is 7. The summed E-state index contributed by atoms with van der Waals surface area (Å²) in [6, 6.07) is 13.8. The Kier molecular flexibility index (Phi) is 9.68. The Bertz CT molecular complexity index is 1420. The quantitative estimate of drug-likeness (QED) is 0.126. The number of aliphatic imine (C=N–C) groups is 1. The van der Waals surface area contributed by atoms with E-state index >= 15 is 0 Å². The zero-order valence-electron chi connectivity index (χ0n) is 18.9. The summed E-state index contributed by atoms with van der Waals surface area (Å²) in [5.74, 6) is -0.890. The van der Waals surface area contributed by atoms with Gasteiger partial charge in [-0.05, 0) is 35.9 Å². The largest absolute Gasteiger partial charge is 0.481 e. The van der Waals surface area contributed by atoms with E-state index in [-0.39, 0.29) is 49.2 Å². The minimum atomic E-state index is -4.23. The lowest BCUT2D eigenvalue weighted by molar-refractivity contribution is -0.136. The molecule has 0 bridgehead atoms. The van der Waals surface area contributed by atoms with E-state index in [0.29, 0.717) is 17.7 Å². The summed E-state index contributed by atoms with van der Waals surface area (Å²) in [6.07, 6.45) is 0.599. The van der Waals surface area contributed by atoms with Crippen molar-refractivity contribution in [1.29, 1.82) is 0 Å². The number of nitrogen functional groups attached to an aromatic ring is 1. The molecule has 0 radical (unpaired) electrons. The molecule has 0 aliphatic carbocycles. The van der Waals surface area contributed by atoms with Crippen LogP contribution < -0.4 is 22.5 Å². The van der Waals surface area contributed by atoms with Gasteiger partial charge in [0.15, 0.2) is 5.96 Å². The van der Waals surface area contributed by atoms with E-state index in [1.165, 1.54) is 24.3 Å². The zero-order chi connectivity index (χ0) is 27.0. The molecule has 190 valence electrons. The number of amides is 1. The Balaban J connectivity index is 0.000000830. The molecule has 8 N–H and O–H groups in total. The van der Waals surface area contributed by atoms with Gasteiger partial charge in [0.2, 0.25) is 16.2 Å². The first-order valence-corrected chi connectivity index (χ1v) is 12.4. The molecule has 3 aromatic carbocycles. The minimum absolute atomic E-state index is 0.0826. The van der Waals surface area contributed by atoms with Gasteiger partial charge in [-0.2, -0.15) is 0 Å². The van der Waals surface area contributed by atoms with Crippen LogP contribution in [0.5, 0.6) is 0 Å². The van der Waals surface area contributed by atoms with Crippen LogP contribution in [0.1, 0.15) is 13.3 Å². The number of carbonyl (C=O) groups is 2. The zero-order valence-corrected chi connectivity index (χ0v) is 21.2. The highest BCUT2D eigenvalue weighted by Gasteiger charge is 2.29. The summed E-state index contributed by atoms with van der Waals surface area (Å²) >= 11 is 12.9. The molecular weight excluding hydrogens is 529 g/mol. The SMILES string of the molecule is CCC(=O)O.NC(N)=Nc1cccc(-c2c(Cl)cc(N)c(S(=O)(=O)c3ccccc3NC=O)c2Cl)c1. The van der Waals surface area contributed by atoms with Crippen molar-refractivity contribution in [3.8, 4) is 11.1 Å². The summed E-state index contributed by atoms with van der Waals surface area (Å²) < 4.78 is 26.9. The number of hydrogen-bond acceptors (Lipinski definition) is 6. The third kappa shape index (κ3) is 6.66. The van der Waals surface area contributed by atoms with Gasteiger partial charge in [-0.3, -0.25) is 9.59 Å². The number of hydrogen-bond donors (Lipinski definition) is 5. The van der Waals surface area contributed by atoms with E-state index in [2.05, 4.69) is 10.3 Å². The van der Waals surface area contributed by atoms with E-state index in [0.717, 1.165) is 0 Å². The molecule has 0 aromatic heterocycles. The lowest BCUT2D eigenvalue weighted by Gasteiger charge is -2.17. The van der Waals surface area contributed by atoms with Gasteiger partial charge >= 0.3 is 5.97 Å². The van der Waals surface area contributed by atoms with Crippen LogP contribution in [-0.2, 0) is 19.4 Å². The lowest BCUT2D eigenvalue weighted by Crippen LogP contribution is -2.21. The van der Waals surface area contributed by atoms with Crippen molar-refractivity contribution in [2.45, 2.75) is 23.1 Å². The molecule has 0 saturated carbocycles. The molecular formula is C23H23Cl2N5O5S. The van der Waals surface area contributed by atoms with Gasteiger partial charge < -0.3 is 27.6 Å². The van der Waals surface area contributed by atoms with Crippen LogP contribution in [0, 0.1) is 0 Å². The van der Waals surface area contributed by atoms with Gasteiger partial charge in [-0.25, -0.2) is 13.4 Å². The smallest absolute Gasteiger partial charge is 0.303 e. The van der Waals surface area contributed by atoms with Crippen molar-refractivity contribution in [2.24, 2.45) is 16.5 Å². The number of benzene rings is 3. The third-order valence-electron chi connectivity index (χ3n) is 4.56. The monoisotopic (exact) mass is 551 g/mol. The fourth-order valence-electron chi connectivity index (χ4n) is 3.03. The van der Waals surface area contributed by atoms with Crippen molar-refractivity contribution in [2.75, 3.05) is 11.1 Å². The maximum atomic E-state index is 13.5. The molecule has 0 aliphatic rings. The normalized spacial score (nSPS) is 10.5. The number of sulfone groups is 1. The highest BCUT2D eigenvalue weighted by molar-refractivity contribution is 7.92. The van der Waals surface area contributed by atoms with Crippen molar-refractivity contribution < 1.29 is 23.1 Å². The second kappa shape index (κ2) is 12.2. The molecule has 0 saturated heterocycles. The molecule has 10 nitrogen and oxygen atoms in total. The summed E-state index contributed by atoms with van der Waals surface area (Å²) in [6.45, 7) is 1.60. The summed E-state index contributed by atoms with van der Waals surface area (Å²) in [5.41, 5.74) is 18.0. The van der Waals surface area contributed by atoms with Crippen LogP contribution in [0.15, 0.2) is 69.4 Å². The molecule has 0 aliphatic heterocycles. The minimum Gasteiger partial charge on any atom is -0.481 e.